The lowest BCUT2D eigenvalue weighted by Crippen LogP contribution is -2.70. The molecule has 2 bridgehead atoms. The lowest BCUT2D eigenvalue weighted by atomic mass is 9.33. The van der Waals surface area contributed by atoms with Gasteiger partial charge in [-0.2, -0.15) is 13.2 Å². The van der Waals surface area contributed by atoms with Crippen LogP contribution in [0.25, 0.3) is 10.9 Å². The van der Waals surface area contributed by atoms with E-state index in [1.54, 1.807) is 26.2 Å². The van der Waals surface area contributed by atoms with Crippen LogP contribution in [-0.2, 0) is 17.2 Å². The van der Waals surface area contributed by atoms with E-state index >= 15 is 0 Å². The molecular formula is C25H26F3N5O2. The summed E-state index contributed by atoms with van der Waals surface area (Å²) in [6.45, 7) is 5.27. The Labute approximate surface area is 200 Å². The number of anilines is 1. The molecule has 1 saturated heterocycles. The number of morpholine rings is 1. The lowest BCUT2D eigenvalue weighted by Gasteiger charge is -2.70. The molecule has 0 N–H and O–H groups in total. The van der Waals surface area contributed by atoms with Gasteiger partial charge >= 0.3 is 6.18 Å². The molecule has 0 spiro atoms. The molecule has 35 heavy (non-hydrogen) atoms. The van der Waals surface area contributed by atoms with Crippen LogP contribution in [-0.4, -0.2) is 45.4 Å². The number of hydrogen-bond donors (Lipinski definition) is 0. The first-order valence-electron chi connectivity index (χ1n) is 11.8. The van der Waals surface area contributed by atoms with Gasteiger partial charge < -0.3 is 9.64 Å². The third-order valence-corrected chi connectivity index (χ3v) is 8.09. The number of hydrogen-bond acceptors (Lipinski definition) is 6. The normalized spacial score (nSPS) is 28.1. The largest absolute Gasteiger partial charge is 0.394 e. The predicted molar refractivity (Wildman–Crippen MR) is 123 cm³/mol. The minimum absolute atomic E-state index is 0.0197. The van der Waals surface area contributed by atoms with Gasteiger partial charge in [0.15, 0.2) is 0 Å². The second-order valence-corrected chi connectivity index (χ2v) is 10.4. The number of aryl methyl sites for hydroxylation is 2. The van der Waals surface area contributed by atoms with Gasteiger partial charge in [-0.15, -0.1) is 0 Å². The molecule has 0 amide bonds. The monoisotopic (exact) mass is 485 g/mol. The first-order chi connectivity index (χ1) is 16.5. The molecule has 3 saturated carbocycles. The molecule has 4 aliphatic rings. The number of aromatic nitrogens is 4. The fraction of sp³-hybridized carbons (Fsp3) is 0.520. The van der Waals surface area contributed by atoms with E-state index in [2.05, 4.69) is 14.9 Å². The lowest BCUT2D eigenvalue weighted by molar-refractivity contribution is -0.337. The van der Waals surface area contributed by atoms with Crippen LogP contribution in [0.5, 0.6) is 0 Å². The summed E-state index contributed by atoms with van der Waals surface area (Å²) >= 11 is 0. The molecule has 7 nitrogen and oxygen atoms in total. The van der Waals surface area contributed by atoms with Crippen molar-refractivity contribution in [3.63, 3.8) is 0 Å². The van der Waals surface area contributed by atoms with E-state index in [1.807, 2.05) is 19.1 Å². The summed E-state index contributed by atoms with van der Waals surface area (Å²) in [7, 11) is 1.63. The Kier molecular flexibility index (Phi) is 4.65. The van der Waals surface area contributed by atoms with Crippen LogP contribution in [0.1, 0.15) is 48.1 Å². The average Bonchev–Trinajstić information content (AvgIpc) is 2.74. The molecule has 0 radical (unpaired) electrons. The van der Waals surface area contributed by atoms with E-state index in [0.29, 0.717) is 47.9 Å². The number of rotatable bonds is 3. The van der Waals surface area contributed by atoms with E-state index in [-0.39, 0.29) is 30.9 Å². The SMILES string of the molecule is Cc1cc(C2CN(c3cc4nc(C)n(C)c(=O)c4c(C45CC(C(F)(F)F)(C4)C5)n3)CCO2)ccn1. The molecule has 4 fully saturated rings. The van der Waals surface area contributed by atoms with Crippen molar-refractivity contribution in [3.05, 3.63) is 57.5 Å². The van der Waals surface area contributed by atoms with Crippen LogP contribution in [0.3, 0.4) is 0 Å². The van der Waals surface area contributed by atoms with Crippen molar-refractivity contribution in [1.29, 1.82) is 0 Å². The standard InChI is InChI=1S/C25H26F3N5O2/c1-14-8-16(4-5-29-14)18-10-33(6-7-35-18)19-9-17-20(22(34)32(3)15(2)30-17)21(31-19)23-11-24(12-23,13-23)25(26,27)28/h4-5,8-9,18H,6-7,10-13H2,1-3H3. The van der Waals surface area contributed by atoms with Crippen molar-refractivity contribution in [2.45, 2.75) is 50.8 Å². The predicted octanol–water partition coefficient (Wildman–Crippen LogP) is 3.90. The molecule has 1 unspecified atom stereocenters. The van der Waals surface area contributed by atoms with Gasteiger partial charge in [0.1, 0.15) is 17.7 Å². The maximum absolute atomic E-state index is 13.6. The topological polar surface area (TPSA) is 73.1 Å². The second kappa shape index (κ2) is 7.25. The molecule has 3 aromatic heterocycles. The van der Waals surface area contributed by atoms with Crippen LogP contribution in [0.2, 0.25) is 0 Å². The zero-order valence-corrected chi connectivity index (χ0v) is 19.8. The van der Waals surface area contributed by atoms with Crippen molar-refractivity contribution < 1.29 is 17.9 Å². The zero-order valence-electron chi connectivity index (χ0n) is 19.8. The van der Waals surface area contributed by atoms with Crippen molar-refractivity contribution in [2.24, 2.45) is 12.5 Å². The minimum atomic E-state index is -4.23. The maximum atomic E-state index is 13.6. The maximum Gasteiger partial charge on any atom is 0.394 e. The van der Waals surface area contributed by atoms with Gasteiger partial charge in [0.25, 0.3) is 5.56 Å². The van der Waals surface area contributed by atoms with Crippen molar-refractivity contribution in [2.75, 3.05) is 24.6 Å². The molecule has 4 heterocycles. The van der Waals surface area contributed by atoms with E-state index in [4.69, 9.17) is 9.72 Å². The molecule has 1 aliphatic heterocycles. The average molecular weight is 486 g/mol. The van der Waals surface area contributed by atoms with Crippen molar-refractivity contribution >= 4 is 16.7 Å². The van der Waals surface area contributed by atoms with Gasteiger partial charge in [-0.05, 0) is 50.8 Å². The quantitative estimate of drug-likeness (QED) is 0.560. The third kappa shape index (κ3) is 3.22. The van der Waals surface area contributed by atoms with Gasteiger partial charge in [-0.1, -0.05) is 0 Å². The Morgan fingerprint density at radius 3 is 2.57 bits per heavy atom. The van der Waals surface area contributed by atoms with Gasteiger partial charge in [-0.25, -0.2) is 9.97 Å². The molecule has 3 aliphatic carbocycles. The molecule has 10 heteroatoms. The second-order valence-electron chi connectivity index (χ2n) is 10.4. The third-order valence-electron chi connectivity index (χ3n) is 8.09. The highest BCUT2D eigenvalue weighted by Crippen LogP contribution is 2.78. The fourth-order valence-electron chi connectivity index (χ4n) is 6.09. The first kappa shape index (κ1) is 22.5. The summed E-state index contributed by atoms with van der Waals surface area (Å²) < 4.78 is 48.2. The summed E-state index contributed by atoms with van der Waals surface area (Å²) in [5.74, 6) is 1.17. The van der Waals surface area contributed by atoms with E-state index in [0.717, 1.165) is 11.3 Å². The molecule has 0 aromatic carbocycles. The van der Waals surface area contributed by atoms with Gasteiger partial charge in [-0.3, -0.25) is 14.3 Å². The minimum Gasteiger partial charge on any atom is -0.370 e. The summed E-state index contributed by atoms with van der Waals surface area (Å²) in [6.07, 6.45) is -2.73. The van der Waals surface area contributed by atoms with Gasteiger partial charge in [0.05, 0.1) is 28.6 Å². The smallest absolute Gasteiger partial charge is 0.370 e. The summed E-state index contributed by atoms with van der Waals surface area (Å²) in [5, 5.41) is 0.340. The van der Waals surface area contributed by atoms with Crippen LogP contribution in [0.15, 0.2) is 29.2 Å². The van der Waals surface area contributed by atoms with E-state index in [9.17, 15) is 18.0 Å². The highest BCUT2D eigenvalue weighted by atomic mass is 19.4. The van der Waals surface area contributed by atoms with E-state index in [1.165, 1.54) is 4.57 Å². The van der Waals surface area contributed by atoms with Gasteiger partial charge in [0.2, 0.25) is 0 Å². The molecule has 3 aromatic rings. The zero-order chi connectivity index (χ0) is 24.8. The van der Waals surface area contributed by atoms with Crippen LogP contribution >= 0.6 is 0 Å². The fourth-order valence-corrected chi connectivity index (χ4v) is 6.09. The number of halogens is 3. The number of alkyl halides is 3. The first-order valence-corrected chi connectivity index (χ1v) is 11.8. The number of fused-ring (bicyclic) bond motifs is 1. The Bertz CT molecular complexity index is 1400. The molecule has 184 valence electrons. The highest BCUT2D eigenvalue weighted by Gasteiger charge is 2.79. The molecular weight excluding hydrogens is 459 g/mol. The van der Waals surface area contributed by atoms with Crippen molar-refractivity contribution in [3.8, 4) is 0 Å². The van der Waals surface area contributed by atoms with Crippen LogP contribution in [0.4, 0.5) is 19.0 Å². The van der Waals surface area contributed by atoms with Crippen LogP contribution in [0, 0.1) is 19.3 Å². The van der Waals surface area contributed by atoms with Crippen LogP contribution < -0.4 is 10.5 Å². The van der Waals surface area contributed by atoms with Crippen molar-refractivity contribution in [1.82, 2.24) is 19.5 Å². The molecule has 7 rings (SSSR count). The number of nitrogens with zero attached hydrogens (tertiary/aromatic N) is 5. The van der Waals surface area contributed by atoms with Gasteiger partial charge in [0, 0.05) is 43.5 Å². The summed E-state index contributed by atoms with van der Waals surface area (Å²) in [5.41, 5.74) is 0.236. The Morgan fingerprint density at radius 1 is 1.14 bits per heavy atom. The number of pyridine rings is 2. The summed E-state index contributed by atoms with van der Waals surface area (Å²) in [6, 6.07) is 5.70. The van der Waals surface area contributed by atoms with E-state index < -0.39 is 17.0 Å². The highest BCUT2D eigenvalue weighted by molar-refractivity contribution is 5.84. The molecule has 1 atom stereocenters. The Morgan fingerprint density at radius 2 is 1.89 bits per heavy atom. The Balaban J connectivity index is 1.43. The number of ether oxygens (including phenoxy) is 1. The summed E-state index contributed by atoms with van der Waals surface area (Å²) in [4.78, 5) is 29.1. The Hall–Kier alpha value is -3.01.